The number of rotatable bonds is 6. The zero-order valence-corrected chi connectivity index (χ0v) is 12.3. The van der Waals surface area contributed by atoms with E-state index in [4.69, 9.17) is 10.00 Å². The number of nitrogens with zero attached hydrogens (tertiary/aromatic N) is 2. The first-order valence-corrected chi connectivity index (χ1v) is 6.42. The summed E-state index contributed by atoms with van der Waals surface area (Å²) in [5.74, 6) is -0.224. The van der Waals surface area contributed by atoms with Crippen molar-refractivity contribution in [1.29, 1.82) is 5.26 Å². The standard InChI is InChI=1S/C15H20N2O3/c1-5-17(15(2,3)14(18)19)10-12-8-11(9-16)6-7-13(12)20-4/h6-8H,5,10H2,1-4H3,(H,18,19). The van der Waals surface area contributed by atoms with E-state index in [2.05, 4.69) is 6.07 Å². The first-order chi connectivity index (χ1) is 9.36. The third-order valence-corrected chi connectivity index (χ3v) is 3.47. The van der Waals surface area contributed by atoms with Gasteiger partial charge >= 0.3 is 5.97 Å². The largest absolute Gasteiger partial charge is 0.496 e. The molecule has 0 amide bonds. The van der Waals surface area contributed by atoms with Gasteiger partial charge < -0.3 is 9.84 Å². The van der Waals surface area contributed by atoms with Crippen LogP contribution in [0.1, 0.15) is 31.9 Å². The number of carboxylic acids is 1. The van der Waals surface area contributed by atoms with Crippen LogP contribution in [0.4, 0.5) is 0 Å². The molecule has 0 aromatic heterocycles. The summed E-state index contributed by atoms with van der Waals surface area (Å²) in [6.45, 7) is 6.23. The third-order valence-electron chi connectivity index (χ3n) is 3.47. The van der Waals surface area contributed by atoms with Crippen LogP contribution < -0.4 is 4.74 Å². The van der Waals surface area contributed by atoms with Crippen LogP contribution >= 0.6 is 0 Å². The van der Waals surface area contributed by atoms with Crippen molar-refractivity contribution in [3.8, 4) is 11.8 Å². The fraction of sp³-hybridized carbons (Fsp3) is 0.467. The molecule has 0 fully saturated rings. The van der Waals surface area contributed by atoms with Gasteiger partial charge in [0.25, 0.3) is 0 Å². The van der Waals surface area contributed by atoms with Crippen LogP contribution in [-0.4, -0.2) is 35.2 Å². The van der Waals surface area contributed by atoms with Crippen molar-refractivity contribution in [2.45, 2.75) is 32.9 Å². The van der Waals surface area contributed by atoms with E-state index in [9.17, 15) is 9.90 Å². The predicted octanol–water partition coefficient (Wildman–Crippen LogP) is 2.25. The van der Waals surface area contributed by atoms with Gasteiger partial charge in [-0.1, -0.05) is 6.92 Å². The van der Waals surface area contributed by atoms with Crippen LogP contribution in [0.3, 0.4) is 0 Å². The lowest BCUT2D eigenvalue weighted by Gasteiger charge is -2.34. The van der Waals surface area contributed by atoms with Gasteiger partial charge in [0.1, 0.15) is 11.3 Å². The van der Waals surface area contributed by atoms with E-state index < -0.39 is 11.5 Å². The highest BCUT2D eigenvalue weighted by Gasteiger charge is 2.33. The summed E-state index contributed by atoms with van der Waals surface area (Å²) in [6, 6.07) is 7.23. The summed E-state index contributed by atoms with van der Waals surface area (Å²) >= 11 is 0. The monoisotopic (exact) mass is 276 g/mol. The highest BCUT2D eigenvalue weighted by atomic mass is 16.5. The number of hydrogen-bond acceptors (Lipinski definition) is 4. The van der Waals surface area contributed by atoms with E-state index in [1.165, 1.54) is 0 Å². The van der Waals surface area contributed by atoms with E-state index >= 15 is 0 Å². The van der Waals surface area contributed by atoms with E-state index in [1.54, 1.807) is 39.2 Å². The summed E-state index contributed by atoms with van der Waals surface area (Å²) in [4.78, 5) is 13.2. The molecule has 0 saturated heterocycles. The van der Waals surface area contributed by atoms with Crippen molar-refractivity contribution >= 4 is 5.97 Å². The fourth-order valence-corrected chi connectivity index (χ4v) is 2.02. The van der Waals surface area contributed by atoms with Gasteiger partial charge in [0, 0.05) is 12.1 Å². The molecule has 1 aromatic carbocycles. The number of aliphatic carboxylic acids is 1. The maximum absolute atomic E-state index is 11.4. The van der Waals surface area contributed by atoms with Crippen LogP contribution in [0.5, 0.6) is 5.75 Å². The maximum atomic E-state index is 11.4. The number of benzene rings is 1. The molecule has 0 atom stereocenters. The number of ether oxygens (including phenoxy) is 1. The molecule has 0 aliphatic rings. The Bertz CT molecular complexity index is 532. The van der Waals surface area contributed by atoms with Crippen molar-refractivity contribution < 1.29 is 14.6 Å². The van der Waals surface area contributed by atoms with E-state index in [-0.39, 0.29) is 0 Å². The molecular weight excluding hydrogens is 256 g/mol. The number of carbonyl (C=O) groups is 1. The number of likely N-dealkylation sites (N-methyl/N-ethyl adjacent to an activating group) is 1. The lowest BCUT2D eigenvalue weighted by molar-refractivity contribution is -0.149. The van der Waals surface area contributed by atoms with Gasteiger partial charge in [-0.25, -0.2) is 0 Å². The Morgan fingerprint density at radius 2 is 2.15 bits per heavy atom. The second kappa shape index (κ2) is 6.40. The quantitative estimate of drug-likeness (QED) is 0.862. The van der Waals surface area contributed by atoms with Gasteiger partial charge in [0.05, 0.1) is 18.7 Å². The summed E-state index contributed by atoms with van der Waals surface area (Å²) in [5, 5.41) is 18.3. The molecule has 0 radical (unpaired) electrons. The first-order valence-electron chi connectivity index (χ1n) is 6.42. The molecule has 20 heavy (non-hydrogen) atoms. The van der Waals surface area contributed by atoms with Gasteiger partial charge in [-0.15, -0.1) is 0 Å². The molecule has 0 unspecified atom stereocenters. The van der Waals surface area contributed by atoms with E-state index in [1.807, 2.05) is 11.8 Å². The van der Waals surface area contributed by atoms with E-state index in [0.29, 0.717) is 24.4 Å². The molecule has 0 bridgehead atoms. The topological polar surface area (TPSA) is 73.6 Å². The van der Waals surface area contributed by atoms with Gasteiger partial charge in [0.15, 0.2) is 0 Å². The lowest BCUT2D eigenvalue weighted by Crippen LogP contribution is -2.49. The molecule has 5 heteroatoms. The molecule has 1 rings (SSSR count). The van der Waals surface area contributed by atoms with Crippen molar-refractivity contribution in [3.63, 3.8) is 0 Å². The number of methoxy groups -OCH3 is 1. The lowest BCUT2D eigenvalue weighted by atomic mass is 10.0. The van der Waals surface area contributed by atoms with Crippen molar-refractivity contribution in [3.05, 3.63) is 29.3 Å². The van der Waals surface area contributed by atoms with Crippen LogP contribution in [0, 0.1) is 11.3 Å². The fourth-order valence-electron chi connectivity index (χ4n) is 2.02. The number of carboxylic acid groups (broad SMARTS) is 1. The average Bonchev–Trinajstić information content (AvgIpc) is 2.43. The zero-order chi connectivity index (χ0) is 15.3. The Morgan fingerprint density at radius 1 is 1.50 bits per heavy atom. The third kappa shape index (κ3) is 3.28. The minimum atomic E-state index is -0.984. The molecule has 108 valence electrons. The molecule has 0 spiro atoms. The highest BCUT2D eigenvalue weighted by Crippen LogP contribution is 2.25. The summed E-state index contributed by atoms with van der Waals surface area (Å²) in [7, 11) is 1.56. The smallest absolute Gasteiger partial charge is 0.323 e. The second-order valence-corrected chi connectivity index (χ2v) is 5.02. The van der Waals surface area contributed by atoms with E-state index in [0.717, 1.165) is 5.56 Å². The Kier molecular flexibility index (Phi) is 5.12. The van der Waals surface area contributed by atoms with Crippen molar-refractivity contribution in [2.75, 3.05) is 13.7 Å². The van der Waals surface area contributed by atoms with Crippen molar-refractivity contribution in [1.82, 2.24) is 4.90 Å². The first kappa shape index (κ1) is 16.0. The molecule has 0 heterocycles. The normalized spacial score (nSPS) is 11.2. The summed E-state index contributed by atoms with van der Waals surface area (Å²) in [5.41, 5.74) is 0.357. The van der Waals surface area contributed by atoms with Gasteiger partial charge in [0.2, 0.25) is 0 Å². The summed E-state index contributed by atoms with van der Waals surface area (Å²) < 4.78 is 5.28. The molecule has 1 N–H and O–H groups in total. The van der Waals surface area contributed by atoms with Gasteiger partial charge in [-0.3, -0.25) is 9.69 Å². The molecule has 0 aliphatic carbocycles. The van der Waals surface area contributed by atoms with Gasteiger partial charge in [-0.05, 0) is 38.6 Å². The molecule has 0 saturated carbocycles. The van der Waals surface area contributed by atoms with Crippen molar-refractivity contribution in [2.24, 2.45) is 0 Å². The van der Waals surface area contributed by atoms with Gasteiger partial charge in [-0.2, -0.15) is 5.26 Å². The minimum Gasteiger partial charge on any atom is -0.496 e. The molecule has 0 aliphatic heterocycles. The number of hydrogen-bond donors (Lipinski definition) is 1. The number of nitriles is 1. The Hall–Kier alpha value is -2.06. The Balaban J connectivity index is 3.13. The van der Waals surface area contributed by atoms with Crippen LogP contribution in [0.15, 0.2) is 18.2 Å². The van der Waals surface area contributed by atoms with Crippen LogP contribution in [0.25, 0.3) is 0 Å². The predicted molar refractivity (Wildman–Crippen MR) is 75.5 cm³/mol. The molecule has 1 aromatic rings. The Labute approximate surface area is 119 Å². The second-order valence-electron chi connectivity index (χ2n) is 5.02. The van der Waals surface area contributed by atoms with Crippen LogP contribution in [-0.2, 0) is 11.3 Å². The summed E-state index contributed by atoms with van der Waals surface area (Å²) in [6.07, 6.45) is 0. The maximum Gasteiger partial charge on any atom is 0.323 e. The minimum absolute atomic E-state index is 0.411. The van der Waals surface area contributed by atoms with Crippen LogP contribution in [0.2, 0.25) is 0 Å². The zero-order valence-electron chi connectivity index (χ0n) is 12.3. The highest BCUT2D eigenvalue weighted by molar-refractivity contribution is 5.77. The Morgan fingerprint density at radius 3 is 2.60 bits per heavy atom. The molecular formula is C15H20N2O3. The average molecular weight is 276 g/mol. The molecule has 5 nitrogen and oxygen atoms in total. The SMILES string of the molecule is CCN(Cc1cc(C#N)ccc1OC)C(C)(C)C(=O)O.